The van der Waals surface area contributed by atoms with E-state index in [-0.39, 0.29) is 0 Å². The van der Waals surface area contributed by atoms with E-state index in [0.717, 1.165) is 24.0 Å². The van der Waals surface area contributed by atoms with Crippen molar-refractivity contribution in [1.82, 2.24) is 9.97 Å². The van der Waals surface area contributed by atoms with E-state index in [0.29, 0.717) is 11.9 Å². The van der Waals surface area contributed by atoms with E-state index in [1.165, 1.54) is 6.42 Å². The molecule has 0 radical (unpaired) electrons. The molecule has 1 fully saturated rings. The number of halogens is 1. The van der Waals surface area contributed by atoms with Crippen LogP contribution in [0.25, 0.3) is 0 Å². The lowest BCUT2D eigenvalue weighted by Crippen LogP contribution is -2.27. The maximum absolute atomic E-state index is 5.67. The highest BCUT2D eigenvalue weighted by molar-refractivity contribution is 6.16. The molecular formula is C11H16ClN3. The lowest BCUT2D eigenvalue weighted by Gasteiger charge is -2.22. The summed E-state index contributed by atoms with van der Waals surface area (Å²) in [6, 6.07) is 0.566. The molecule has 1 aliphatic heterocycles. The van der Waals surface area contributed by atoms with E-state index < -0.39 is 0 Å². The zero-order valence-electron chi connectivity index (χ0n) is 9.15. The van der Waals surface area contributed by atoms with Crippen LogP contribution < -0.4 is 4.90 Å². The number of hydrogen-bond donors (Lipinski definition) is 0. The van der Waals surface area contributed by atoms with Gasteiger partial charge in [-0.3, -0.25) is 4.98 Å². The van der Waals surface area contributed by atoms with Crippen LogP contribution in [0.4, 0.5) is 5.82 Å². The number of anilines is 1. The fourth-order valence-electron chi connectivity index (χ4n) is 2.18. The fourth-order valence-corrected chi connectivity index (χ4v) is 2.32. The summed E-state index contributed by atoms with van der Waals surface area (Å²) in [6.45, 7) is 5.59. The highest BCUT2D eigenvalue weighted by atomic mass is 35.5. The largest absolute Gasteiger partial charge is 0.352 e. The van der Waals surface area contributed by atoms with Crippen LogP contribution in [0.3, 0.4) is 0 Å². The van der Waals surface area contributed by atoms with Crippen molar-refractivity contribution in [3.63, 3.8) is 0 Å². The molecule has 3 nitrogen and oxygen atoms in total. The minimum absolute atomic E-state index is 0.430. The van der Waals surface area contributed by atoms with Gasteiger partial charge in [0.2, 0.25) is 0 Å². The van der Waals surface area contributed by atoms with Crippen LogP contribution in [-0.2, 0) is 5.88 Å². The number of nitrogens with zero attached hydrogens (tertiary/aromatic N) is 3. The van der Waals surface area contributed by atoms with Crippen molar-refractivity contribution >= 4 is 17.4 Å². The highest BCUT2D eigenvalue weighted by Crippen LogP contribution is 2.26. The van der Waals surface area contributed by atoms with Gasteiger partial charge in [-0.05, 0) is 19.3 Å². The zero-order valence-corrected chi connectivity index (χ0v) is 9.91. The van der Waals surface area contributed by atoms with Crippen LogP contribution in [0.15, 0.2) is 12.4 Å². The molecule has 2 unspecified atom stereocenters. The molecule has 0 bridgehead atoms. The summed E-state index contributed by atoms with van der Waals surface area (Å²) < 4.78 is 0. The SMILES string of the molecule is CC1CC(C)N(c2cnc(CCl)cn2)C1. The molecule has 0 N–H and O–H groups in total. The Labute approximate surface area is 95.5 Å². The molecule has 1 saturated heterocycles. The van der Waals surface area contributed by atoms with Crippen molar-refractivity contribution in [2.45, 2.75) is 32.2 Å². The molecule has 0 saturated carbocycles. The number of hydrogen-bond acceptors (Lipinski definition) is 3. The van der Waals surface area contributed by atoms with Gasteiger partial charge in [-0.15, -0.1) is 11.6 Å². The van der Waals surface area contributed by atoms with Crippen molar-refractivity contribution in [2.24, 2.45) is 5.92 Å². The molecule has 1 aromatic rings. The first-order valence-electron chi connectivity index (χ1n) is 5.34. The van der Waals surface area contributed by atoms with Gasteiger partial charge in [-0.2, -0.15) is 0 Å². The third-order valence-corrected chi connectivity index (χ3v) is 3.18. The van der Waals surface area contributed by atoms with Gasteiger partial charge in [0.15, 0.2) is 0 Å². The normalized spacial score (nSPS) is 25.9. The first kappa shape index (κ1) is 10.7. The van der Waals surface area contributed by atoms with Gasteiger partial charge in [0, 0.05) is 12.6 Å². The Bertz CT molecular complexity index is 325. The molecule has 2 heterocycles. The first-order chi connectivity index (χ1) is 7.20. The molecule has 0 aromatic carbocycles. The van der Waals surface area contributed by atoms with E-state index in [1.807, 2.05) is 6.20 Å². The van der Waals surface area contributed by atoms with Crippen molar-refractivity contribution in [3.8, 4) is 0 Å². The molecular weight excluding hydrogens is 210 g/mol. The minimum Gasteiger partial charge on any atom is -0.352 e. The Balaban J connectivity index is 2.15. The lowest BCUT2D eigenvalue weighted by atomic mass is 10.1. The first-order valence-corrected chi connectivity index (χ1v) is 5.87. The zero-order chi connectivity index (χ0) is 10.8. The predicted octanol–water partition coefficient (Wildman–Crippen LogP) is 2.45. The quantitative estimate of drug-likeness (QED) is 0.724. The third kappa shape index (κ3) is 2.23. The van der Waals surface area contributed by atoms with E-state index in [4.69, 9.17) is 11.6 Å². The molecule has 0 amide bonds. The monoisotopic (exact) mass is 225 g/mol. The van der Waals surface area contributed by atoms with E-state index in [2.05, 4.69) is 28.7 Å². The number of aromatic nitrogens is 2. The minimum atomic E-state index is 0.430. The maximum atomic E-state index is 5.67. The van der Waals surface area contributed by atoms with Gasteiger partial charge >= 0.3 is 0 Å². The second kappa shape index (κ2) is 4.35. The molecule has 1 aliphatic rings. The maximum Gasteiger partial charge on any atom is 0.147 e. The van der Waals surface area contributed by atoms with Gasteiger partial charge in [0.05, 0.1) is 24.0 Å². The van der Waals surface area contributed by atoms with Crippen LogP contribution in [0.2, 0.25) is 0 Å². The molecule has 82 valence electrons. The molecule has 2 atom stereocenters. The van der Waals surface area contributed by atoms with Gasteiger partial charge in [-0.25, -0.2) is 4.98 Å². The standard InChI is InChI=1S/C11H16ClN3/c1-8-3-9(2)15(7-8)11-6-13-10(4-12)5-14-11/h5-6,8-9H,3-4,7H2,1-2H3. The average Bonchev–Trinajstić information content (AvgIpc) is 2.58. The molecule has 0 aliphatic carbocycles. The molecule has 4 heteroatoms. The summed E-state index contributed by atoms with van der Waals surface area (Å²) in [4.78, 5) is 11.0. The van der Waals surface area contributed by atoms with Crippen molar-refractivity contribution < 1.29 is 0 Å². The van der Waals surface area contributed by atoms with Crippen molar-refractivity contribution in [3.05, 3.63) is 18.1 Å². The smallest absolute Gasteiger partial charge is 0.147 e. The van der Waals surface area contributed by atoms with Gasteiger partial charge in [-0.1, -0.05) is 6.92 Å². The van der Waals surface area contributed by atoms with Gasteiger partial charge < -0.3 is 4.90 Å². The Morgan fingerprint density at radius 3 is 2.67 bits per heavy atom. The highest BCUT2D eigenvalue weighted by Gasteiger charge is 2.26. The van der Waals surface area contributed by atoms with Gasteiger partial charge in [0.25, 0.3) is 0 Å². The predicted molar refractivity (Wildman–Crippen MR) is 62.2 cm³/mol. The Kier molecular flexibility index (Phi) is 3.10. The summed E-state index contributed by atoms with van der Waals surface area (Å²) in [7, 11) is 0. The third-order valence-electron chi connectivity index (χ3n) is 2.91. The van der Waals surface area contributed by atoms with Crippen LogP contribution >= 0.6 is 11.6 Å². The summed E-state index contributed by atoms with van der Waals surface area (Å²) in [6.07, 6.45) is 4.82. The summed E-state index contributed by atoms with van der Waals surface area (Å²) >= 11 is 5.67. The van der Waals surface area contributed by atoms with Crippen molar-refractivity contribution in [2.75, 3.05) is 11.4 Å². The van der Waals surface area contributed by atoms with E-state index in [9.17, 15) is 0 Å². The van der Waals surface area contributed by atoms with Crippen LogP contribution in [0, 0.1) is 5.92 Å². The van der Waals surface area contributed by atoms with Gasteiger partial charge in [0.1, 0.15) is 5.82 Å². The van der Waals surface area contributed by atoms with Crippen LogP contribution in [-0.4, -0.2) is 22.6 Å². The fraction of sp³-hybridized carbons (Fsp3) is 0.636. The lowest BCUT2D eigenvalue weighted by molar-refractivity contribution is 0.625. The Morgan fingerprint density at radius 1 is 1.40 bits per heavy atom. The molecule has 1 aromatic heterocycles. The van der Waals surface area contributed by atoms with E-state index >= 15 is 0 Å². The van der Waals surface area contributed by atoms with Crippen LogP contribution in [0.5, 0.6) is 0 Å². The Morgan fingerprint density at radius 2 is 2.20 bits per heavy atom. The molecule has 15 heavy (non-hydrogen) atoms. The Hall–Kier alpha value is -0.830. The summed E-state index contributed by atoms with van der Waals surface area (Å²) in [5.74, 6) is 2.15. The van der Waals surface area contributed by atoms with Crippen LogP contribution in [0.1, 0.15) is 26.0 Å². The topological polar surface area (TPSA) is 29.0 Å². The molecule has 0 spiro atoms. The van der Waals surface area contributed by atoms with Crippen molar-refractivity contribution in [1.29, 1.82) is 0 Å². The second-order valence-corrected chi connectivity index (χ2v) is 4.61. The number of alkyl halides is 1. The number of rotatable bonds is 2. The molecule has 2 rings (SSSR count). The average molecular weight is 226 g/mol. The second-order valence-electron chi connectivity index (χ2n) is 4.34. The summed E-state index contributed by atoms with van der Waals surface area (Å²) in [5, 5.41) is 0. The van der Waals surface area contributed by atoms with E-state index in [1.54, 1.807) is 6.20 Å². The summed E-state index contributed by atoms with van der Waals surface area (Å²) in [5.41, 5.74) is 0.834.